The van der Waals surface area contributed by atoms with E-state index in [2.05, 4.69) is 22.9 Å². The third-order valence-corrected chi connectivity index (χ3v) is 7.98. The molecular weight excluding hydrogens is 454 g/mol. The highest BCUT2D eigenvalue weighted by Gasteiger charge is 2.30. The summed E-state index contributed by atoms with van der Waals surface area (Å²) in [6, 6.07) is 7.68. The number of unbranched alkanes of at least 4 members (excludes halogenated alkanes) is 14. The predicted molar refractivity (Wildman–Crippen MR) is 151 cm³/mol. The van der Waals surface area contributed by atoms with Gasteiger partial charge in [0, 0.05) is 24.9 Å². The Morgan fingerprint density at radius 2 is 1.34 bits per heavy atom. The summed E-state index contributed by atoms with van der Waals surface area (Å²) in [4.78, 5) is 23.7. The minimum atomic E-state index is -0.142. The van der Waals surface area contributed by atoms with Gasteiger partial charge in [-0.1, -0.05) is 109 Å². The number of amides is 2. The Morgan fingerprint density at radius 3 is 1.86 bits per heavy atom. The molecule has 2 rings (SSSR count). The average Bonchev–Trinajstić information content (AvgIpc) is 3.34. The van der Waals surface area contributed by atoms with Gasteiger partial charge in [0.1, 0.15) is 0 Å². The van der Waals surface area contributed by atoms with E-state index in [1.54, 1.807) is 11.8 Å². The van der Waals surface area contributed by atoms with Gasteiger partial charge in [-0.2, -0.15) is 0 Å². The number of anilines is 1. The number of rotatable bonds is 19. The first-order valence-electron chi connectivity index (χ1n) is 14.1. The highest BCUT2D eigenvalue weighted by Crippen LogP contribution is 2.33. The number of hydrogen-bond acceptors (Lipinski definition) is 4. The standard InChI is InChI=1S/C29H49N3O2S/c1-3-4-5-6-7-8-9-10-11-12-13-14-15-16-17-22-30-28(34)27-23-35-29(32-27)25-18-20-26(21-19-25)31-24(2)33/h18-21,27,29,32H,3-17,22-23H2,1-2H3,(H,30,34)(H,31,33)/t27-,29?/m0/s1. The topological polar surface area (TPSA) is 70.2 Å². The maximum absolute atomic E-state index is 12.5. The normalized spacial score (nSPS) is 17.4. The fourth-order valence-electron chi connectivity index (χ4n) is 4.59. The SMILES string of the molecule is CCCCCCCCCCCCCCCCCNC(=O)[C@@H]1CSC(c2ccc(NC(C)=O)cc2)N1. The van der Waals surface area contributed by atoms with Crippen LogP contribution in [0.2, 0.25) is 0 Å². The lowest BCUT2D eigenvalue weighted by Gasteiger charge is -2.14. The van der Waals surface area contributed by atoms with Gasteiger partial charge < -0.3 is 10.6 Å². The van der Waals surface area contributed by atoms with Gasteiger partial charge in [0.25, 0.3) is 0 Å². The second-order valence-corrected chi connectivity index (χ2v) is 11.1. The molecule has 198 valence electrons. The van der Waals surface area contributed by atoms with Crippen LogP contribution in [0.1, 0.15) is 121 Å². The summed E-state index contributed by atoms with van der Waals surface area (Å²) in [5, 5.41) is 9.44. The first-order chi connectivity index (χ1) is 17.1. The Morgan fingerprint density at radius 1 is 0.829 bits per heavy atom. The van der Waals surface area contributed by atoms with Gasteiger partial charge in [-0.3, -0.25) is 14.9 Å². The zero-order valence-corrected chi connectivity index (χ0v) is 23.0. The van der Waals surface area contributed by atoms with Crippen molar-refractivity contribution in [2.24, 2.45) is 0 Å². The lowest BCUT2D eigenvalue weighted by molar-refractivity contribution is -0.122. The van der Waals surface area contributed by atoms with Gasteiger partial charge in [0.2, 0.25) is 11.8 Å². The number of hydrogen-bond donors (Lipinski definition) is 3. The Bertz CT molecular complexity index is 710. The van der Waals surface area contributed by atoms with Crippen LogP contribution in [-0.2, 0) is 9.59 Å². The maximum Gasteiger partial charge on any atom is 0.238 e. The van der Waals surface area contributed by atoms with Crippen LogP contribution in [0.4, 0.5) is 5.69 Å². The van der Waals surface area contributed by atoms with E-state index in [1.165, 1.54) is 96.8 Å². The number of nitrogens with one attached hydrogen (secondary N) is 3. The van der Waals surface area contributed by atoms with E-state index in [0.717, 1.165) is 30.0 Å². The molecule has 0 aliphatic carbocycles. The van der Waals surface area contributed by atoms with Gasteiger partial charge >= 0.3 is 0 Å². The summed E-state index contributed by atoms with van der Waals surface area (Å²) in [5.74, 6) is 0.820. The Balaban J connectivity index is 1.41. The molecule has 1 aliphatic rings. The lowest BCUT2D eigenvalue weighted by atomic mass is 10.0. The van der Waals surface area contributed by atoms with Crippen LogP contribution in [0, 0.1) is 0 Å². The quantitative estimate of drug-likeness (QED) is 0.173. The Hall–Kier alpha value is -1.53. The van der Waals surface area contributed by atoms with Crippen molar-refractivity contribution in [3.05, 3.63) is 29.8 Å². The third-order valence-electron chi connectivity index (χ3n) is 6.71. The van der Waals surface area contributed by atoms with Crippen LogP contribution < -0.4 is 16.0 Å². The molecule has 0 spiro atoms. The van der Waals surface area contributed by atoms with Crippen molar-refractivity contribution in [1.82, 2.24) is 10.6 Å². The largest absolute Gasteiger partial charge is 0.355 e. The fourth-order valence-corrected chi connectivity index (χ4v) is 5.83. The zero-order valence-electron chi connectivity index (χ0n) is 22.2. The van der Waals surface area contributed by atoms with Crippen LogP contribution in [-0.4, -0.2) is 30.2 Å². The molecule has 1 heterocycles. The predicted octanol–water partition coefficient (Wildman–Crippen LogP) is 7.34. The molecule has 0 radical (unpaired) electrons. The first kappa shape index (κ1) is 29.7. The van der Waals surface area contributed by atoms with E-state index < -0.39 is 0 Å². The Kier molecular flexibility index (Phi) is 15.9. The zero-order chi connectivity index (χ0) is 25.1. The molecule has 0 bridgehead atoms. The maximum atomic E-state index is 12.5. The van der Waals surface area contributed by atoms with Crippen molar-refractivity contribution in [2.45, 2.75) is 122 Å². The molecule has 3 N–H and O–H groups in total. The van der Waals surface area contributed by atoms with Crippen LogP contribution in [0.5, 0.6) is 0 Å². The summed E-state index contributed by atoms with van der Waals surface area (Å²) in [6.07, 6.45) is 20.3. The summed E-state index contributed by atoms with van der Waals surface area (Å²) in [5.41, 5.74) is 1.92. The second kappa shape index (κ2) is 18.7. The molecule has 0 saturated carbocycles. The van der Waals surface area contributed by atoms with Crippen molar-refractivity contribution in [3.8, 4) is 0 Å². The molecule has 1 aliphatic heterocycles. The molecule has 2 atom stereocenters. The van der Waals surface area contributed by atoms with Crippen LogP contribution in [0.25, 0.3) is 0 Å². The monoisotopic (exact) mass is 503 g/mol. The number of thioether (sulfide) groups is 1. The van der Waals surface area contributed by atoms with E-state index in [9.17, 15) is 9.59 Å². The van der Waals surface area contributed by atoms with E-state index in [4.69, 9.17) is 0 Å². The third kappa shape index (κ3) is 13.4. The van der Waals surface area contributed by atoms with Crippen LogP contribution >= 0.6 is 11.8 Å². The van der Waals surface area contributed by atoms with Crippen LogP contribution in [0.15, 0.2) is 24.3 Å². The van der Waals surface area contributed by atoms with Gasteiger partial charge in [0.15, 0.2) is 0 Å². The molecule has 1 fully saturated rings. The number of carbonyl (C=O) groups is 2. The number of carbonyl (C=O) groups excluding carboxylic acids is 2. The fraction of sp³-hybridized carbons (Fsp3) is 0.724. The van der Waals surface area contributed by atoms with E-state index in [0.29, 0.717) is 0 Å². The van der Waals surface area contributed by atoms with E-state index in [-0.39, 0.29) is 23.2 Å². The molecule has 6 heteroatoms. The summed E-state index contributed by atoms with van der Waals surface area (Å²) >= 11 is 1.76. The van der Waals surface area contributed by atoms with Gasteiger partial charge in [-0.15, -0.1) is 11.8 Å². The second-order valence-electron chi connectivity index (χ2n) is 9.98. The average molecular weight is 504 g/mol. The van der Waals surface area contributed by atoms with Crippen molar-refractivity contribution in [3.63, 3.8) is 0 Å². The molecular formula is C29H49N3O2S. The lowest BCUT2D eigenvalue weighted by Crippen LogP contribution is -2.42. The summed E-state index contributed by atoms with van der Waals surface area (Å²) < 4.78 is 0. The molecule has 1 aromatic carbocycles. The smallest absolute Gasteiger partial charge is 0.238 e. The minimum absolute atomic E-state index is 0.0723. The first-order valence-corrected chi connectivity index (χ1v) is 15.2. The van der Waals surface area contributed by atoms with Crippen molar-refractivity contribution in [1.29, 1.82) is 0 Å². The van der Waals surface area contributed by atoms with E-state index in [1.807, 2.05) is 24.3 Å². The van der Waals surface area contributed by atoms with Crippen molar-refractivity contribution >= 4 is 29.3 Å². The van der Waals surface area contributed by atoms with Gasteiger partial charge in [-0.25, -0.2) is 0 Å². The highest BCUT2D eigenvalue weighted by molar-refractivity contribution is 7.99. The minimum Gasteiger partial charge on any atom is -0.355 e. The molecule has 0 aromatic heterocycles. The van der Waals surface area contributed by atoms with Crippen LogP contribution in [0.3, 0.4) is 0 Å². The molecule has 5 nitrogen and oxygen atoms in total. The van der Waals surface area contributed by atoms with Gasteiger partial charge in [0.05, 0.1) is 11.4 Å². The van der Waals surface area contributed by atoms with Gasteiger partial charge in [-0.05, 0) is 24.1 Å². The summed E-state index contributed by atoms with van der Waals surface area (Å²) in [6.45, 7) is 4.56. The summed E-state index contributed by atoms with van der Waals surface area (Å²) in [7, 11) is 0. The van der Waals surface area contributed by atoms with E-state index >= 15 is 0 Å². The molecule has 1 saturated heterocycles. The highest BCUT2D eigenvalue weighted by atomic mass is 32.2. The Labute approximate surface area is 218 Å². The number of benzene rings is 1. The van der Waals surface area contributed by atoms with Crippen molar-refractivity contribution < 1.29 is 9.59 Å². The van der Waals surface area contributed by atoms with Crippen molar-refractivity contribution in [2.75, 3.05) is 17.6 Å². The molecule has 1 aromatic rings. The molecule has 35 heavy (non-hydrogen) atoms. The molecule has 2 amide bonds. The molecule has 1 unspecified atom stereocenters.